The van der Waals surface area contributed by atoms with Crippen LogP contribution in [0.4, 0.5) is 5.82 Å². The number of anilines is 1. The van der Waals surface area contributed by atoms with Crippen molar-refractivity contribution >= 4 is 16.6 Å². The fourth-order valence-electron chi connectivity index (χ4n) is 3.36. The van der Waals surface area contributed by atoms with Crippen LogP contribution in [-0.4, -0.2) is 41.1 Å². The van der Waals surface area contributed by atoms with Crippen LogP contribution in [0.2, 0.25) is 0 Å². The van der Waals surface area contributed by atoms with Crippen molar-refractivity contribution in [3.63, 3.8) is 0 Å². The van der Waals surface area contributed by atoms with E-state index in [1.807, 2.05) is 59.5 Å². The summed E-state index contributed by atoms with van der Waals surface area (Å²) in [5.41, 5.74) is 0.817. The quantitative estimate of drug-likeness (QED) is 0.782. The Labute approximate surface area is 151 Å². The van der Waals surface area contributed by atoms with E-state index < -0.39 is 5.60 Å². The topological polar surface area (TPSA) is 82.3 Å². The largest absolute Gasteiger partial charge is 0.497 e. The highest BCUT2D eigenvalue weighted by Crippen LogP contribution is 2.36. The smallest absolute Gasteiger partial charge is 0.159 e. The summed E-state index contributed by atoms with van der Waals surface area (Å²) in [4.78, 5) is 1.96. The number of aliphatic hydroxyl groups is 1. The number of fused-ring (bicyclic) bond motifs is 1. The van der Waals surface area contributed by atoms with Crippen molar-refractivity contribution in [1.82, 2.24) is 10.2 Å². The molecule has 4 rings (SSSR count). The Hall–Kier alpha value is -3.17. The van der Waals surface area contributed by atoms with Gasteiger partial charge in [-0.05, 0) is 24.3 Å². The van der Waals surface area contributed by atoms with E-state index >= 15 is 0 Å². The maximum atomic E-state index is 10.3. The molecule has 130 valence electrons. The van der Waals surface area contributed by atoms with Gasteiger partial charge in [0.2, 0.25) is 0 Å². The van der Waals surface area contributed by atoms with Crippen LogP contribution >= 0.6 is 0 Å². The zero-order chi connectivity index (χ0) is 18.1. The lowest BCUT2D eigenvalue weighted by Crippen LogP contribution is -2.62. The SMILES string of the molecule is COc1ccc(-c2nnc(N3CC(O)(CC#N)C3)c3ccccc23)cc1. The van der Waals surface area contributed by atoms with Crippen LogP contribution in [0.15, 0.2) is 48.5 Å². The average Bonchev–Trinajstić information content (AvgIpc) is 2.65. The van der Waals surface area contributed by atoms with Gasteiger partial charge in [0.05, 0.1) is 32.7 Å². The van der Waals surface area contributed by atoms with Gasteiger partial charge in [-0.25, -0.2) is 0 Å². The second-order valence-corrected chi connectivity index (χ2v) is 6.56. The standard InChI is InChI=1S/C20H18N4O2/c1-26-15-8-6-14(7-9-15)18-16-4-2-3-5-17(16)19(23-22-18)24-12-20(25,13-24)10-11-21/h2-9,25H,10,12-13H2,1H3. The predicted octanol–water partition coefficient (Wildman–Crippen LogP) is 2.77. The van der Waals surface area contributed by atoms with Gasteiger partial charge in [-0.2, -0.15) is 5.26 Å². The van der Waals surface area contributed by atoms with E-state index in [0.29, 0.717) is 13.1 Å². The van der Waals surface area contributed by atoms with Gasteiger partial charge in [0.1, 0.15) is 17.0 Å². The molecule has 26 heavy (non-hydrogen) atoms. The van der Waals surface area contributed by atoms with E-state index in [9.17, 15) is 5.11 Å². The molecule has 6 nitrogen and oxygen atoms in total. The minimum atomic E-state index is -0.952. The van der Waals surface area contributed by atoms with Crippen LogP contribution in [0.5, 0.6) is 5.75 Å². The second kappa shape index (κ2) is 6.28. The molecule has 1 aliphatic rings. The molecule has 0 radical (unpaired) electrons. The van der Waals surface area contributed by atoms with Crippen LogP contribution in [0.3, 0.4) is 0 Å². The average molecular weight is 346 g/mol. The molecule has 1 saturated heterocycles. The van der Waals surface area contributed by atoms with Gasteiger partial charge in [-0.3, -0.25) is 0 Å². The van der Waals surface area contributed by atoms with Crippen LogP contribution in [0, 0.1) is 11.3 Å². The summed E-state index contributed by atoms with van der Waals surface area (Å²) in [5, 5.41) is 30.0. The normalized spacial score (nSPS) is 15.3. The summed E-state index contributed by atoms with van der Waals surface area (Å²) in [5.74, 6) is 1.53. The highest BCUT2D eigenvalue weighted by molar-refractivity contribution is 6.00. The molecule has 2 heterocycles. The Morgan fingerprint density at radius 1 is 1.12 bits per heavy atom. The second-order valence-electron chi connectivity index (χ2n) is 6.56. The number of hydrogen-bond acceptors (Lipinski definition) is 6. The van der Waals surface area contributed by atoms with E-state index in [0.717, 1.165) is 33.6 Å². The van der Waals surface area contributed by atoms with Crippen LogP contribution in [-0.2, 0) is 0 Å². The fraction of sp³-hybridized carbons (Fsp3) is 0.250. The summed E-state index contributed by atoms with van der Waals surface area (Å²) < 4.78 is 5.22. The Balaban J connectivity index is 1.74. The van der Waals surface area contributed by atoms with Crippen LogP contribution in [0.25, 0.3) is 22.0 Å². The van der Waals surface area contributed by atoms with E-state index in [1.165, 1.54) is 0 Å². The Kier molecular flexibility index (Phi) is 3.94. The van der Waals surface area contributed by atoms with Gasteiger partial charge < -0.3 is 14.7 Å². The summed E-state index contributed by atoms with van der Waals surface area (Å²) in [6, 6.07) is 17.7. The molecule has 6 heteroatoms. The number of benzene rings is 2. The summed E-state index contributed by atoms with van der Waals surface area (Å²) in [6.07, 6.45) is 0.124. The van der Waals surface area contributed by atoms with Crippen molar-refractivity contribution in [2.75, 3.05) is 25.1 Å². The van der Waals surface area contributed by atoms with Crippen molar-refractivity contribution < 1.29 is 9.84 Å². The number of ether oxygens (including phenoxy) is 1. The Morgan fingerprint density at radius 2 is 1.81 bits per heavy atom. The Morgan fingerprint density at radius 3 is 2.46 bits per heavy atom. The first-order chi connectivity index (χ1) is 12.6. The summed E-state index contributed by atoms with van der Waals surface area (Å²) in [7, 11) is 1.64. The van der Waals surface area contributed by atoms with Crippen molar-refractivity contribution in [1.29, 1.82) is 5.26 Å². The fourth-order valence-corrected chi connectivity index (χ4v) is 3.36. The van der Waals surface area contributed by atoms with Crippen molar-refractivity contribution in [3.05, 3.63) is 48.5 Å². The molecule has 0 unspecified atom stereocenters. The van der Waals surface area contributed by atoms with Gasteiger partial charge in [-0.15, -0.1) is 10.2 Å². The summed E-state index contributed by atoms with van der Waals surface area (Å²) in [6.45, 7) is 0.780. The molecular formula is C20H18N4O2. The first kappa shape index (κ1) is 16.3. The van der Waals surface area contributed by atoms with Crippen LogP contribution in [0.1, 0.15) is 6.42 Å². The molecular weight excluding hydrogens is 328 g/mol. The van der Waals surface area contributed by atoms with Gasteiger partial charge in [0.25, 0.3) is 0 Å². The zero-order valence-electron chi connectivity index (χ0n) is 14.4. The monoisotopic (exact) mass is 346 g/mol. The lowest BCUT2D eigenvalue weighted by Gasteiger charge is -2.46. The van der Waals surface area contributed by atoms with Crippen LogP contribution < -0.4 is 9.64 Å². The number of nitriles is 1. The molecule has 0 aliphatic carbocycles. The molecule has 0 spiro atoms. The summed E-state index contributed by atoms with van der Waals surface area (Å²) >= 11 is 0. The molecule has 2 aromatic carbocycles. The molecule has 1 N–H and O–H groups in total. The first-order valence-corrected chi connectivity index (χ1v) is 8.38. The van der Waals surface area contributed by atoms with E-state index in [4.69, 9.17) is 10.00 Å². The maximum Gasteiger partial charge on any atom is 0.159 e. The number of aromatic nitrogens is 2. The molecule has 3 aromatic rings. The third kappa shape index (κ3) is 2.72. The lowest BCUT2D eigenvalue weighted by molar-refractivity contribution is 0.0163. The molecule has 1 aliphatic heterocycles. The molecule has 0 atom stereocenters. The molecule has 0 amide bonds. The molecule has 1 aromatic heterocycles. The number of nitrogens with zero attached hydrogens (tertiary/aromatic N) is 4. The first-order valence-electron chi connectivity index (χ1n) is 8.38. The maximum absolute atomic E-state index is 10.3. The molecule has 0 saturated carbocycles. The van der Waals surface area contributed by atoms with Crippen molar-refractivity contribution in [3.8, 4) is 23.1 Å². The lowest BCUT2D eigenvalue weighted by atomic mass is 9.90. The van der Waals surface area contributed by atoms with E-state index in [1.54, 1.807) is 7.11 Å². The third-order valence-corrected chi connectivity index (χ3v) is 4.71. The third-order valence-electron chi connectivity index (χ3n) is 4.71. The minimum absolute atomic E-state index is 0.124. The van der Waals surface area contributed by atoms with Gasteiger partial charge >= 0.3 is 0 Å². The number of rotatable bonds is 4. The van der Waals surface area contributed by atoms with Gasteiger partial charge in [-0.1, -0.05) is 24.3 Å². The minimum Gasteiger partial charge on any atom is -0.497 e. The Bertz CT molecular complexity index is 989. The van der Waals surface area contributed by atoms with E-state index in [2.05, 4.69) is 10.2 Å². The number of hydrogen-bond donors (Lipinski definition) is 1. The van der Waals surface area contributed by atoms with Crippen molar-refractivity contribution in [2.45, 2.75) is 12.0 Å². The van der Waals surface area contributed by atoms with Gasteiger partial charge in [0.15, 0.2) is 5.82 Å². The zero-order valence-corrected chi connectivity index (χ0v) is 14.4. The number of β-amino-alcohol motifs (C(OH)–C–C–N with tert-alkyl or cyclic N) is 1. The van der Waals surface area contributed by atoms with Gasteiger partial charge in [0, 0.05) is 16.3 Å². The van der Waals surface area contributed by atoms with Crippen molar-refractivity contribution in [2.24, 2.45) is 0 Å². The van der Waals surface area contributed by atoms with E-state index in [-0.39, 0.29) is 6.42 Å². The molecule has 0 bridgehead atoms. The predicted molar refractivity (Wildman–Crippen MR) is 98.9 cm³/mol. The highest BCUT2D eigenvalue weighted by Gasteiger charge is 2.42. The highest BCUT2D eigenvalue weighted by atomic mass is 16.5. The molecule has 1 fully saturated rings. The number of methoxy groups -OCH3 is 1.